The zero-order valence-corrected chi connectivity index (χ0v) is 9.35. The van der Waals surface area contributed by atoms with E-state index < -0.39 is 0 Å². The van der Waals surface area contributed by atoms with Crippen LogP contribution in [0.4, 0.5) is 5.69 Å². The Kier molecular flexibility index (Phi) is 3.44. The van der Waals surface area contributed by atoms with Gasteiger partial charge in [0.05, 0.1) is 11.9 Å². The van der Waals surface area contributed by atoms with Gasteiger partial charge < -0.3 is 11.1 Å². The van der Waals surface area contributed by atoms with E-state index in [9.17, 15) is 4.79 Å². The van der Waals surface area contributed by atoms with Gasteiger partial charge in [-0.15, -0.1) is 0 Å². The summed E-state index contributed by atoms with van der Waals surface area (Å²) in [6.07, 6.45) is 8.91. The van der Waals surface area contributed by atoms with Crippen LogP contribution in [-0.2, 0) is 11.3 Å². The normalized spacial score (nSPS) is 16.5. The average Bonchev–Trinajstić information content (AvgIpc) is 2.84. The van der Waals surface area contributed by atoms with Crippen LogP contribution >= 0.6 is 0 Å². The lowest BCUT2D eigenvalue weighted by molar-refractivity contribution is -0.118. The highest BCUT2D eigenvalue weighted by atomic mass is 16.1. The summed E-state index contributed by atoms with van der Waals surface area (Å²) in [6.45, 7) is 1.15. The van der Waals surface area contributed by atoms with Crippen molar-refractivity contribution < 1.29 is 4.79 Å². The van der Waals surface area contributed by atoms with Gasteiger partial charge in [0.2, 0.25) is 5.91 Å². The standard InChI is InChI=1S/C11H18N4O/c12-11(16)8-15-7-10(6-14-15)13-5-9-3-1-2-4-9/h6-7,9,13H,1-5,8H2,(H2,12,16). The van der Waals surface area contributed by atoms with Crippen LogP contribution < -0.4 is 11.1 Å². The lowest BCUT2D eigenvalue weighted by atomic mass is 10.1. The predicted molar refractivity (Wildman–Crippen MR) is 61.9 cm³/mol. The van der Waals surface area contributed by atoms with Gasteiger partial charge in [-0.2, -0.15) is 5.10 Å². The van der Waals surface area contributed by atoms with Crippen LogP contribution in [0, 0.1) is 5.92 Å². The Bertz CT molecular complexity index is 355. The Labute approximate surface area is 95.0 Å². The first-order valence-electron chi connectivity index (χ1n) is 5.78. The van der Waals surface area contributed by atoms with E-state index in [0.717, 1.165) is 18.2 Å². The number of carbonyl (C=O) groups excluding carboxylic acids is 1. The summed E-state index contributed by atoms with van der Waals surface area (Å²) < 4.78 is 1.55. The van der Waals surface area contributed by atoms with E-state index in [1.807, 2.05) is 6.20 Å². The molecule has 0 saturated heterocycles. The van der Waals surface area contributed by atoms with Gasteiger partial charge in [0.15, 0.2) is 0 Å². The summed E-state index contributed by atoms with van der Waals surface area (Å²) in [5, 5.41) is 7.40. The van der Waals surface area contributed by atoms with Gasteiger partial charge in [-0.3, -0.25) is 9.48 Å². The van der Waals surface area contributed by atoms with Gasteiger partial charge in [-0.05, 0) is 18.8 Å². The van der Waals surface area contributed by atoms with Crippen molar-refractivity contribution in [2.45, 2.75) is 32.2 Å². The van der Waals surface area contributed by atoms with Crippen molar-refractivity contribution in [3.05, 3.63) is 12.4 Å². The molecule has 0 spiro atoms. The minimum absolute atomic E-state index is 0.144. The molecule has 1 saturated carbocycles. The fraction of sp³-hybridized carbons (Fsp3) is 0.636. The van der Waals surface area contributed by atoms with Gasteiger partial charge in [0.1, 0.15) is 6.54 Å². The average molecular weight is 222 g/mol. The van der Waals surface area contributed by atoms with Gasteiger partial charge in [-0.25, -0.2) is 0 Å². The minimum Gasteiger partial charge on any atom is -0.382 e. The molecule has 0 atom stereocenters. The number of anilines is 1. The fourth-order valence-electron chi connectivity index (χ4n) is 2.18. The molecule has 0 unspecified atom stereocenters. The summed E-state index contributed by atoms with van der Waals surface area (Å²) in [4.78, 5) is 10.7. The lowest BCUT2D eigenvalue weighted by Gasteiger charge is -2.09. The maximum Gasteiger partial charge on any atom is 0.239 e. The molecule has 0 aromatic carbocycles. The second-order valence-corrected chi connectivity index (χ2v) is 4.42. The van der Waals surface area contributed by atoms with Crippen molar-refractivity contribution in [1.29, 1.82) is 0 Å². The molecule has 2 rings (SSSR count). The number of nitrogens with one attached hydrogen (secondary N) is 1. The predicted octanol–water partition coefficient (Wildman–Crippen LogP) is 0.970. The highest BCUT2D eigenvalue weighted by molar-refractivity contribution is 5.73. The first kappa shape index (κ1) is 11.0. The Hall–Kier alpha value is -1.52. The van der Waals surface area contributed by atoms with Crippen molar-refractivity contribution in [3.8, 4) is 0 Å². The maximum atomic E-state index is 10.7. The molecule has 0 radical (unpaired) electrons. The van der Waals surface area contributed by atoms with Gasteiger partial charge in [0, 0.05) is 12.7 Å². The monoisotopic (exact) mass is 222 g/mol. The number of nitrogens with two attached hydrogens (primary N) is 1. The van der Waals surface area contributed by atoms with Gasteiger partial charge in [-0.1, -0.05) is 12.8 Å². The lowest BCUT2D eigenvalue weighted by Crippen LogP contribution is -2.18. The van der Waals surface area contributed by atoms with Crippen LogP contribution in [0.3, 0.4) is 0 Å². The number of rotatable bonds is 5. The molecule has 1 aliphatic rings. The number of carbonyl (C=O) groups is 1. The molecule has 1 heterocycles. The van der Waals surface area contributed by atoms with E-state index in [2.05, 4.69) is 10.4 Å². The maximum absolute atomic E-state index is 10.7. The zero-order chi connectivity index (χ0) is 11.4. The third-order valence-electron chi connectivity index (χ3n) is 3.02. The molecule has 0 aliphatic heterocycles. The van der Waals surface area contributed by atoms with Gasteiger partial charge in [0.25, 0.3) is 0 Å². The number of nitrogens with zero attached hydrogens (tertiary/aromatic N) is 2. The summed E-state index contributed by atoms with van der Waals surface area (Å²) in [5.74, 6) is 0.421. The summed E-state index contributed by atoms with van der Waals surface area (Å²) >= 11 is 0. The van der Waals surface area contributed by atoms with Crippen molar-refractivity contribution in [1.82, 2.24) is 9.78 Å². The van der Waals surface area contributed by atoms with Crippen LogP contribution in [0.1, 0.15) is 25.7 Å². The number of hydrogen-bond donors (Lipinski definition) is 2. The van der Waals surface area contributed by atoms with E-state index >= 15 is 0 Å². The second kappa shape index (κ2) is 5.01. The van der Waals surface area contributed by atoms with E-state index in [0.29, 0.717) is 0 Å². The van der Waals surface area contributed by atoms with Crippen molar-refractivity contribution >= 4 is 11.6 Å². The molecular weight excluding hydrogens is 204 g/mol. The zero-order valence-electron chi connectivity index (χ0n) is 9.35. The smallest absolute Gasteiger partial charge is 0.239 e. The number of amides is 1. The molecule has 1 aliphatic carbocycles. The highest BCUT2D eigenvalue weighted by Crippen LogP contribution is 2.24. The minimum atomic E-state index is -0.370. The summed E-state index contributed by atoms with van der Waals surface area (Å²) in [5.41, 5.74) is 6.05. The largest absolute Gasteiger partial charge is 0.382 e. The first-order chi connectivity index (χ1) is 7.74. The molecule has 1 aromatic rings. The van der Waals surface area contributed by atoms with Crippen LogP contribution in [0.2, 0.25) is 0 Å². The quantitative estimate of drug-likeness (QED) is 0.779. The van der Waals surface area contributed by atoms with Crippen molar-refractivity contribution in [2.75, 3.05) is 11.9 Å². The molecule has 16 heavy (non-hydrogen) atoms. The SMILES string of the molecule is NC(=O)Cn1cc(NCC2CCCC2)cn1. The third-order valence-corrected chi connectivity index (χ3v) is 3.02. The summed E-state index contributed by atoms with van der Waals surface area (Å²) in [6, 6.07) is 0. The highest BCUT2D eigenvalue weighted by Gasteiger charge is 2.14. The molecular formula is C11H18N4O. The number of hydrogen-bond acceptors (Lipinski definition) is 3. The molecule has 1 fully saturated rings. The van der Waals surface area contributed by atoms with Crippen LogP contribution in [0.5, 0.6) is 0 Å². The van der Waals surface area contributed by atoms with Crippen LogP contribution in [0.15, 0.2) is 12.4 Å². The first-order valence-corrected chi connectivity index (χ1v) is 5.78. The second-order valence-electron chi connectivity index (χ2n) is 4.42. The van der Waals surface area contributed by atoms with Crippen molar-refractivity contribution in [2.24, 2.45) is 11.7 Å². The molecule has 5 nitrogen and oxygen atoms in total. The van der Waals surface area contributed by atoms with Crippen molar-refractivity contribution in [3.63, 3.8) is 0 Å². The molecule has 1 amide bonds. The molecule has 0 bridgehead atoms. The van der Waals surface area contributed by atoms with Gasteiger partial charge >= 0.3 is 0 Å². The van der Waals surface area contributed by atoms with E-state index in [1.165, 1.54) is 25.7 Å². The third kappa shape index (κ3) is 2.98. The van der Waals surface area contributed by atoms with E-state index in [4.69, 9.17) is 5.73 Å². The number of primary amides is 1. The fourth-order valence-corrected chi connectivity index (χ4v) is 2.18. The molecule has 3 N–H and O–H groups in total. The van der Waals surface area contributed by atoms with E-state index in [-0.39, 0.29) is 12.5 Å². The Morgan fingerprint density at radius 2 is 2.31 bits per heavy atom. The topological polar surface area (TPSA) is 72.9 Å². The Morgan fingerprint density at radius 3 is 3.00 bits per heavy atom. The molecule has 88 valence electrons. The Balaban J connectivity index is 1.80. The summed E-state index contributed by atoms with van der Waals surface area (Å²) in [7, 11) is 0. The molecule has 1 aromatic heterocycles. The Morgan fingerprint density at radius 1 is 1.56 bits per heavy atom. The number of aromatic nitrogens is 2. The molecule has 5 heteroatoms. The van der Waals surface area contributed by atoms with Crippen LogP contribution in [-0.4, -0.2) is 22.2 Å². The van der Waals surface area contributed by atoms with Crippen LogP contribution in [0.25, 0.3) is 0 Å². The van der Waals surface area contributed by atoms with E-state index in [1.54, 1.807) is 10.9 Å².